The number of nitrogens with zero attached hydrogens (tertiary/aromatic N) is 3. The predicted molar refractivity (Wildman–Crippen MR) is 72.0 cm³/mol. The van der Waals surface area contributed by atoms with E-state index in [4.69, 9.17) is 14.6 Å². The van der Waals surface area contributed by atoms with Gasteiger partial charge in [-0.25, -0.2) is 9.97 Å². The fourth-order valence-electron chi connectivity index (χ4n) is 2.10. The van der Waals surface area contributed by atoms with Gasteiger partial charge in [0.2, 0.25) is 5.88 Å². The average molecular weight is 281 g/mol. The van der Waals surface area contributed by atoms with Crippen molar-refractivity contribution in [1.29, 1.82) is 0 Å². The maximum absolute atomic E-state index is 10.9. The highest BCUT2D eigenvalue weighted by Crippen LogP contribution is 2.21. The topological polar surface area (TPSA) is 84.8 Å². The lowest BCUT2D eigenvalue weighted by Gasteiger charge is -2.35. The Morgan fingerprint density at radius 2 is 2.45 bits per heavy atom. The third kappa shape index (κ3) is 3.80. The molecule has 0 saturated carbocycles. The molecule has 1 N–H and O–H groups in total. The van der Waals surface area contributed by atoms with Crippen LogP contribution in [0.25, 0.3) is 0 Å². The number of anilines is 1. The lowest BCUT2D eigenvalue weighted by molar-refractivity contribution is -0.138. The molecule has 1 aromatic rings. The Bertz CT molecular complexity index is 455. The van der Waals surface area contributed by atoms with Gasteiger partial charge >= 0.3 is 5.97 Å². The van der Waals surface area contributed by atoms with Crippen LogP contribution in [-0.4, -0.2) is 53.5 Å². The van der Waals surface area contributed by atoms with Gasteiger partial charge in [0, 0.05) is 12.6 Å². The number of carboxylic acid groups (broad SMARTS) is 1. The van der Waals surface area contributed by atoms with Gasteiger partial charge in [0.05, 0.1) is 32.3 Å². The lowest BCUT2D eigenvalue weighted by atomic mass is 10.1. The van der Waals surface area contributed by atoms with Crippen molar-refractivity contribution in [3.8, 4) is 5.88 Å². The van der Waals surface area contributed by atoms with E-state index in [9.17, 15) is 4.79 Å². The molecule has 7 nitrogen and oxygen atoms in total. The van der Waals surface area contributed by atoms with Crippen molar-refractivity contribution in [3.63, 3.8) is 0 Å². The summed E-state index contributed by atoms with van der Waals surface area (Å²) < 4.78 is 10.8. The fraction of sp³-hybridized carbons (Fsp3) is 0.615. The van der Waals surface area contributed by atoms with Crippen LogP contribution in [0.2, 0.25) is 0 Å². The van der Waals surface area contributed by atoms with Crippen LogP contribution < -0.4 is 9.64 Å². The van der Waals surface area contributed by atoms with Crippen molar-refractivity contribution in [2.75, 3.05) is 31.3 Å². The summed E-state index contributed by atoms with van der Waals surface area (Å²) >= 11 is 0. The molecule has 1 aliphatic heterocycles. The number of hydrogen-bond acceptors (Lipinski definition) is 6. The van der Waals surface area contributed by atoms with Crippen molar-refractivity contribution in [3.05, 3.63) is 12.4 Å². The Kier molecular flexibility index (Phi) is 5.11. The van der Waals surface area contributed by atoms with Gasteiger partial charge in [-0.1, -0.05) is 6.92 Å². The minimum Gasteiger partial charge on any atom is -0.481 e. The lowest BCUT2D eigenvalue weighted by Crippen LogP contribution is -2.47. The Morgan fingerprint density at radius 1 is 1.60 bits per heavy atom. The number of ether oxygens (including phenoxy) is 2. The van der Waals surface area contributed by atoms with E-state index in [1.807, 2.05) is 11.8 Å². The van der Waals surface area contributed by atoms with Crippen molar-refractivity contribution < 1.29 is 19.4 Å². The molecule has 2 rings (SSSR count). The zero-order valence-electron chi connectivity index (χ0n) is 11.5. The zero-order chi connectivity index (χ0) is 14.4. The normalized spacial score (nSPS) is 18.9. The first-order valence-electron chi connectivity index (χ1n) is 6.71. The van der Waals surface area contributed by atoms with E-state index in [1.54, 1.807) is 6.07 Å². The Hall–Kier alpha value is -1.89. The maximum atomic E-state index is 10.9. The van der Waals surface area contributed by atoms with Crippen LogP contribution in [0.4, 0.5) is 5.82 Å². The second kappa shape index (κ2) is 7.04. The van der Waals surface area contributed by atoms with Crippen LogP contribution in [0.1, 0.15) is 19.8 Å². The number of aromatic nitrogens is 2. The molecule has 1 atom stereocenters. The summed E-state index contributed by atoms with van der Waals surface area (Å²) in [5.74, 6) is 0.347. The van der Waals surface area contributed by atoms with Crippen molar-refractivity contribution in [2.24, 2.45) is 0 Å². The van der Waals surface area contributed by atoms with Gasteiger partial charge in [0.15, 0.2) is 0 Å². The van der Waals surface area contributed by atoms with Crippen LogP contribution in [0.15, 0.2) is 12.4 Å². The van der Waals surface area contributed by atoms with E-state index in [-0.39, 0.29) is 12.5 Å². The number of rotatable bonds is 6. The second-order valence-electron chi connectivity index (χ2n) is 4.58. The van der Waals surface area contributed by atoms with Gasteiger partial charge < -0.3 is 19.5 Å². The van der Waals surface area contributed by atoms with Crippen molar-refractivity contribution in [2.45, 2.75) is 25.8 Å². The van der Waals surface area contributed by atoms with E-state index in [0.29, 0.717) is 38.1 Å². The van der Waals surface area contributed by atoms with Gasteiger partial charge in [-0.15, -0.1) is 0 Å². The van der Waals surface area contributed by atoms with Crippen molar-refractivity contribution >= 4 is 11.8 Å². The molecule has 0 spiro atoms. The van der Waals surface area contributed by atoms with Gasteiger partial charge in [-0.05, 0) is 6.42 Å². The highest BCUT2D eigenvalue weighted by Gasteiger charge is 2.26. The second-order valence-corrected chi connectivity index (χ2v) is 4.58. The van der Waals surface area contributed by atoms with Crippen LogP contribution >= 0.6 is 0 Å². The largest absolute Gasteiger partial charge is 0.481 e. The summed E-state index contributed by atoms with van der Waals surface area (Å²) in [6.07, 6.45) is 2.36. The van der Waals surface area contributed by atoms with Crippen LogP contribution in [-0.2, 0) is 9.53 Å². The highest BCUT2D eigenvalue weighted by molar-refractivity contribution is 5.68. The SMILES string of the molecule is CCCOc1cc(N2CCOCC2CC(=O)O)ncn1. The molecule has 1 aromatic heterocycles. The van der Waals surface area contributed by atoms with Crippen LogP contribution in [0.3, 0.4) is 0 Å². The predicted octanol–water partition coefficient (Wildman–Crippen LogP) is 0.945. The fourth-order valence-corrected chi connectivity index (χ4v) is 2.10. The molecule has 7 heteroatoms. The van der Waals surface area contributed by atoms with Gasteiger partial charge in [-0.3, -0.25) is 4.79 Å². The molecular weight excluding hydrogens is 262 g/mol. The minimum absolute atomic E-state index is 0.0230. The summed E-state index contributed by atoms with van der Waals surface area (Å²) in [5, 5.41) is 8.96. The van der Waals surface area contributed by atoms with Gasteiger partial charge in [0.1, 0.15) is 12.1 Å². The molecule has 0 amide bonds. The minimum atomic E-state index is -0.845. The van der Waals surface area contributed by atoms with E-state index in [1.165, 1.54) is 6.33 Å². The highest BCUT2D eigenvalue weighted by atomic mass is 16.5. The summed E-state index contributed by atoms with van der Waals surface area (Å²) in [4.78, 5) is 21.1. The summed E-state index contributed by atoms with van der Waals surface area (Å²) in [6, 6.07) is 1.53. The quantitative estimate of drug-likeness (QED) is 0.830. The Balaban J connectivity index is 2.12. The van der Waals surface area contributed by atoms with E-state index in [2.05, 4.69) is 9.97 Å². The van der Waals surface area contributed by atoms with Crippen LogP contribution in [0, 0.1) is 0 Å². The number of aliphatic carboxylic acids is 1. The zero-order valence-corrected chi connectivity index (χ0v) is 11.5. The molecule has 20 heavy (non-hydrogen) atoms. The van der Waals surface area contributed by atoms with E-state index < -0.39 is 5.97 Å². The molecule has 0 radical (unpaired) electrons. The first kappa shape index (κ1) is 14.5. The molecule has 2 heterocycles. The summed E-state index contributed by atoms with van der Waals surface area (Å²) in [5.41, 5.74) is 0. The van der Waals surface area contributed by atoms with Gasteiger partial charge in [0.25, 0.3) is 0 Å². The number of carbonyl (C=O) groups is 1. The molecule has 1 aliphatic rings. The van der Waals surface area contributed by atoms with E-state index in [0.717, 1.165) is 6.42 Å². The standard InChI is InChI=1S/C13H19N3O4/c1-2-4-20-12-7-11(14-9-15-12)16-3-5-19-8-10(16)6-13(17)18/h7,9-10H,2-6,8H2,1H3,(H,17,18). The molecule has 0 aromatic carbocycles. The third-order valence-corrected chi connectivity index (χ3v) is 3.01. The summed E-state index contributed by atoms with van der Waals surface area (Å²) in [7, 11) is 0. The molecule has 110 valence electrons. The third-order valence-electron chi connectivity index (χ3n) is 3.01. The maximum Gasteiger partial charge on any atom is 0.305 e. The number of hydrogen-bond donors (Lipinski definition) is 1. The number of carboxylic acids is 1. The first-order chi connectivity index (χ1) is 9.70. The molecule has 1 unspecified atom stereocenters. The molecule has 0 aliphatic carbocycles. The average Bonchev–Trinajstić information content (AvgIpc) is 2.45. The molecule has 0 bridgehead atoms. The van der Waals surface area contributed by atoms with Crippen LogP contribution in [0.5, 0.6) is 5.88 Å². The molecular formula is C13H19N3O4. The van der Waals surface area contributed by atoms with Gasteiger partial charge in [-0.2, -0.15) is 0 Å². The summed E-state index contributed by atoms with van der Waals surface area (Å²) in [6.45, 7) is 4.18. The molecule has 1 fully saturated rings. The Morgan fingerprint density at radius 3 is 3.20 bits per heavy atom. The smallest absolute Gasteiger partial charge is 0.305 e. The monoisotopic (exact) mass is 281 g/mol. The van der Waals surface area contributed by atoms with E-state index >= 15 is 0 Å². The van der Waals surface area contributed by atoms with Crippen molar-refractivity contribution in [1.82, 2.24) is 9.97 Å². The Labute approximate surface area is 117 Å². The molecule has 1 saturated heterocycles. The number of morpholine rings is 1. The first-order valence-corrected chi connectivity index (χ1v) is 6.71.